The van der Waals surface area contributed by atoms with Gasteiger partial charge in [-0.15, -0.1) is 0 Å². The van der Waals surface area contributed by atoms with Gasteiger partial charge in [0, 0.05) is 17.1 Å². The van der Waals surface area contributed by atoms with Crippen molar-refractivity contribution in [3.8, 4) is 0 Å². The minimum absolute atomic E-state index is 0.0780. The van der Waals surface area contributed by atoms with Crippen LogP contribution in [-0.2, 0) is 11.3 Å². The van der Waals surface area contributed by atoms with Crippen LogP contribution in [0.3, 0.4) is 0 Å². The number of rotatable bonds is 2. The van der Waals surface area contributed by atoms with Gasteiger partial charge in [0.05, 0.1) is 36.0 Å². The summed E-state index contributed by atoms with van der Waals surface area (Å²) in [4.78, 5) is 24.3. The Morgan fingerprint density at radius 2 is 2.03 bits per heavy atom. The molecular formula is C23H22BrN5O2. The summed E-state index contributed by atoms with van der Waals surface area (Å²) in [6.07, 6.45) is 0. The fourth-order valence-corrected chi connectivity index (χ4v) is 4.85. The number of imidazole rings is 1. The molecule has 2 aromatic heterocycles. The van der Waals surface area contributed by atoms with Crippen molar-refractivity contribution in [3.05, 3.63) is 69.1 Å². The van der Waals surface area contributed by atoms with Gasteiger partial charge in [-0.1, -0.05) is 22.0 Å². The number of nitrogens with two attached hydrogens (primary N) is 1. The van der Waals surface area contributed by atoms with Crippen molar-refractivity contribution in [2.24, 2.45) is 0 Å². The van der Waals surface area contributed by atoms with E-state index in [1.165, 1.54) is 0 Å². The average Bonchev–Trinajstić information content (AvgIpc) is 3.06. The van der Waals surface area contributed by atoms with Gasteiger partial charge < -0.3 is 15.4 Å². The molecule has 1 aliphatic heterocycles. The number of halogens is 1. The number of likely N-dealkylation sites (N-methyl/N-ethyl adjacent to an activating group) is 1. The quantitative estimate of drug-likeness (QED) is 0.465. The molecule has 2 aromatic carbocycles. The average molecular weight is 480 g/mol. The van der Waals surface area contributed by atoms with Gasteiger partial charge in [0.2, 0.25) is 0 Å². The number of amides is 1. The first-order valence-electron chi connectivity index (χ1n) is 10.0. The van der Waals surface area contributed by atoms with E-state index in [4.69, 9.17) is 10.5 Å². The maximum atomic E-state index is 13.4. The predicted octanol–water partition coefficient (Wildman–Crippen LogP) is 4.19. The molecule has 7 nitrogen and oxygen atoms in total. The molecule has 0 saturated heterocycles. The molecule has 1 aliphatic rings. The topological polar surface area (TPSA) is 85.8 Å². The number of fused-ring (bicyclic) bond motifs is 4. The molecule has 8 heteroatoms. The molecule has 0 saturated carbocycles. The lowest BCUT2D eigenvalue weighted by Gasteiger charge is -2.33. The molecule has 0 unspecified atom stereocenters. The van der Waals surface area contributed by atoms with Crippen molar-refractivity contribution < 1.29 is 9.53 Å². The van der Waals surface area contributed by atoms with Crippen LogP contribution in [-0.4, -0.2) is 38.8 Å². The third-order valence-corrected chi connectivity index (χ3v) is 6.44. The third-order valence-electron chi connectivity index (χ3n) is 5.95. The Labute approximate surface area is 188 Å². The number of carbonyl (C=O) groups excluding carboxylic acids is 1. The third kappa shape index (κ3) is 3.18. The SMILES string of the molecule is Cc1nc(C)n2c1c(N)nc1ccc(C(=O)N(C)[C@@H]3COCc4cc(Br)ccc43)cc12. The molecule has 0 radical (unpaired) electrons. The number of aryl methyl sites for hydroxylation is 2. The highest BCUT2D eigenvalue weighted by molar-refractivity contribution is 9.10. The number of anilines is 1. The Balaban J connectivity index is 1.58. The van der Waals surface area contributed by atoms with E-state index < -0.39 is 0 Å². The molecule has 5 rings (SSSR count). The summed E-state index contributed by atoms with van der Waals surface area (Å²) in [5.41, 5.74) is 12.1. The summed E-state index contributed by atoms with van der Waals surface area (Å²) in [7, 11) is 1.82. The van der Waals surface area contributed by atoms with E-state index in [1.54, 1.807) is 11.0 Å². The highest BCUT2D eigenvalue weighted by atomic mass is 79.9. The molecule has 4 aromatic rings. The fraction of sp³-hybridized carbons (Fsp3) is 0.261. The van der Waals surface area contributed by atoms with E-state index >= 15 is 0 Å². The molecule has 0 spiro atoms. The van der Waals surface area contributed by atoms with Gasteiger partial charge >= 0.3 is 0 Å². The second-order valence-corrected chi connectivity index (χ2v) is 8.83. The minimum Gasteiger partial charge on any atom is -0.382 e. The summed E-state index contributed by atoms with van der Waals surface area (Å²) in [5.74, 6) is 1.17. The fourth-order valence-electron chi connectivity index (χ4n) is 4.44. The lowest BCUT2D eigenvalue weighted by molar-refractivity contribution is 0.0346. The second kappa shape index (κ2) is 7.32. The van der Waals surface area contributed by atoms with Gasteiger partial charge in [-0.05, 0) is 55.3 Å². The van der Waals surface area contributed by atoms with E-state index in [2.05, 4.69) is 32.0 Å². The van der Waals surface area contributed by atoms with E-state index in [0.29, 0.717) is 24.6 Å². The van der Waals surface area contributed by atoms with Crippen molar-refractivity contribution in [1.29, 1.82) is 0 Å². The number of aromatic nitrogens is 3. The van der Waals surface area contributed by atoms with Crippen LogP contribution in [0, 0.1) is 13.8 Å². The predicted molar refractivity (Wildman–Crippen MR) is 123 cm³/mol. The number of carbonyl (C=O) groups is 1. The summed E-state index contributed by atoms with van der Waals surface area (Å²) >= 11 is 3.51. The number of ether oxygens (including phenoxy) is 1. The first kappa shape index (κ1) is 20.0. The maximum absolute atomic E-state index is 13.4. The minimum atomic E-state index is -0.151. The van der Waals surface area contributed by atoms with Gasteiger partial charge in [-0.25, -0.2) is 9.97 Å². The van der Waals surface area contributed by atoms with Gasteiger partial charge in [-0.3, -0.25) is 9.20 Å². The van der Waals surface area contributed by atoms with Gasteiger partial charge in [-0.2, -0.15) is 0 Å². The summed E-state index contributed by atoms with van der Waals surface area (Å²) in [5, 5.41) is 0. The molecule has 0 fully saturated rings. The van der Waals surface area contributed by atoms with E-state index in [-0.39, 0.29) is 11.9 Å². The van der Waals surface area contributed by atoms with Crippen molar-refractivity contribution in [2.75, 3.05) is 19.4 Å². The first-order valence-corrected chi connectivity index (χ1v) is 10.8. The van der Waals surface area contributed by atoms with Gasteiger partial charge in [0.25, 0.3) is 5.91 Å². The van der Waals surface area contributed by atoms with Crippen LogP contribution in [0.5, 0.6) is 0 Å². The smallest absolute Gasteiger partial charge is 0.254 e. The van der Waals surface area contributed by atoms with Crippen LogP contribution in [0.25, 0.3) is 16.6 Å². The van der Waals surface area contributed by atoms with E-state index in [9.17, 15) is 4.79 Å². The van der Waals surface area contributed by atoms with Gasteiger partial charge in [0.1, 0.15) is 17.2 Å². The van der Waals surface area contributed by atoms with Crippen LogP contribution in [0.1, 0.15) is 39.0 Å². The number of nitrogen functional groups attached to an aromatic ring is 1. The Kier molecular flexibility index (Phi) is 4.71. The Morgan fingerprint density at radius 1 is 1.23 bits per heavy atom. The largest absolute Gasteiger partial charge is 0.382 e. The second-order valence-electron chi connectivity index (χ2n) is 7.92. The summed E-state index contributed by atoms with van der Waals surface area (Å²) in [6, 6.07) is 11.5. The molecular weight excluding hydrogens is 458 g/mol. The first-order chi connectivity index (χ1) is 14.8. The lowest BCUT2D eigenvalue weighted by Crippen LogP contribution is -2.36. The van der Waals surface area contributed by atoms with Crippen molar-refractivity contribution in [3.63, 3.8) is 0 Å². The monoisotopic (exact) mass is 479 g/mol. The van der Waals surface area contributed by atoms with Gasteiger partial charge in [0.15, 0.2) is 0 Å². The summed E-state index contributed by atoms with van der Waals surface area (Å²) in [6.45, 7) is 4.85. The van der Waals surface area contributed by atoms with E-state index in [0.717, 1.165) is 43.7 Å². The standard InChI is InChI=1S/C23H22BrN5O2/c1-12-21-22(25)27-18-7-4-14(9-19(18)29(21)13(2)26-12)23(30)28(3)20-11-31-10-15-8-16(24)5-6-17(15)20/h4-9,20H,10-11H2,1-3H3,(H2,25,27)/t20-/m1/s1. The molecule has 2 N–H and O–H groups in total. The molecule has 1 amide bonds. The molecule has 1 atom stereocenters. The normalized spacial score (nSPS) is 15.9. The maximum Gasteiger partial charge on any atom is 0.254 e. The van der Waals surface area contributed by atoms with Crippen LogP contribution in [0.2, 0.25) is 0 Å². The zero-order chi connectivity index (χ0) is 21.9. The van der Waals surface area contributed by atoms with Crippen molar-refractivity contribution >= 4 is 44.2 Å². The molecule has 0 bridgehead atoms. The molecule has 31 heavy (non-hydrogen) atoms. The van der Waals surface area contributed by atoms with Crippen LogP contribution in [0.15, 0.2) is 40.9 Å². The zero-order valence-corrected chi connectivity index (χ0v) is 19.1. The molecule has 0 aliphatic carbocycles. The number of nitrogens with zero attached hydrogens (tertiary/aromatic N) is 4. The van der Waals surface area contributed by atoms with Crippen LogP contribution >= 0.6 is 15.9 Å². The van der Waals surface area contributed by atoms with Crippen molar-refractivity contribution in [2.45, 2.75) is 26.5 Å². The summed E-state index contributed by atoms with van der Waals surface area (Å²) < 4.78 is 8.75. The van der Waals surface area contributed by atoms with E-state index in [1.807, 2.05) is 49.6 Å². The highest BCUT2D eigenvalue weighted by Crippen LogP contribution is 2.32. The molecule has 3 heterocycles. The number of benzene rings is 2. The zero-order valence-electron chi connectivity index (χ0n) is 17.5. The number of hydrogen-bond donors (Lipinski definition) is 1. The van der Waals surface area contributed by atoms with Crippen molar-refractivity contribution in [1.82, 2.24) is 19.3 Å². The molecule has 158 valence electrons. The number of hydrogen-bond acceptors (Lipinski definition) is 5. The Bertz CT molecular complexity index is 1360. The Morgan fingerprint density at radius 3 is 2.84 bits per heavy atom. The van der Waals surface area contributed by atoms with Crippen LogP contribution in [0.4, 0.5) is 5.82 Å². The highest BCUT2D eigenvalue weighted by Gasteiger charge is 2.28. The lowest BCUT2D eigenvalue weighted by atomic mass is 9.97. The van der Waals surface area contributed by atoms with Crippen LogP contribution < -0.4 is 5.73 Å². The Hall–Kier alpha value is -2.97.